The molecular formula is C19H18Cl5N3O4S. The number of hydrogen-bond donors (Lipinski definition) is 3. The zero-order valence-corrected chi connectivity index (χ0v) is 21.5. The Labute approximate surface area is 215 Å². The molecule has 0 aliphatic carbocycles. The van der Waals surface area contributed by atoms with Gasteiger partial charge in [-0.3, -0.25) is 4.79 Å². The van der Waals surface area contributed by atoms with E-state index < -0.39 is 15.9 Å². The number of ether oxygens (including phenoxy) is 3. The maximum atomic E-state index is 12.9. The van der Waals surface area contributed by atoms with E-state index in [0.717, 1.165) is 0 Å². The average Bonchev–Trinajstić information content (AvgIpc) is 2.74. The lowest BCUT2D eigenvalue weighted by Gasteiger charge is -2.28. The monoisotopic (exact) mass is 559 g/mol. The topological polar surface area (TPSA) is 80.9 Å². The number of methoxy groups -OCH3 is 3. The minimum atomic E-state index is -1.98. The third-order valence-corrected chi connectivity index (χ3v) is 5.51. The molecule has 0 saturated heterocycles. The summed E-state index contributed by atoms with van der Waals surface area (Å²) in [7, 11) is 4.30. The predicted octanol–water partition coefficient (Wildman–Crippen LogP) is 5.43. The molecule has 0 heterocycles. The number of carbonyl (C=O) groups excluding carboxylic acids is 1. The number of anilines is 1. The highest BCUT2D eigenvalue weighted by Crippen LogP contribution is 2.38. The standard InChI is InChI=1S/C19H18Cl5N3O4S/c1-29-12-7-9(8-13(30-2)15(12)31-3)16(28)26-17(19(22,23)24)27-18(32)25-14-10(20)5-4-6-11(14)21/h4-8,17H,1-3H3,(H,26,28)(H2,25,27,32). The fourth-order valence-corrected chi connectivity index (χ4v) is 3.56. The summed E-state index contributed by atoms with van der Waals surface area (Å²) in [5.41, 5.74) is 0.515. The molecule has 0 spiro atoms. The first-order valence-electron chi connectivity index (χ1n) is 8.71. The predicted molar refractivity (Wildman–Crippen MR) is 133 cm³/mol. The maximum Gasteiger partial charge on any atom is 0.253 e. The van der Waals surface area contributed by atoms with Crippen LogP contribution in [0, 0.1) is 0 Å². The smallest absolute Gasteiger partial charge is 0.253 e. The van der Waals surface area contributed by atoms with Crippen LogP contribution < -0.4 is 30.2 Å². The minimum Gasteiger partial charge on any atom is -0.493 e. The van der Waals surface area contributed by atoms with E-state index >= 15 is 0 Å². The summed E-state index contributed by atoms with van der Waals surface area (Å²) in [5, 5.41) is 8.77. The average molecular weight is 562 g/mol. The lowest BCUT2D eigenvalue weighted by Crippen LogP contribution is -2.56. The van der Waals surface area contributed by atoms with Gasteiger partial charge in [0.1, 0.15) is 6.17 Å². The Morgan fingerprint density at radius 3 is 1.94 bits per heavy atom. The minimum absolute atomic E-state index is 0.00140. The van der Waals surface area contributed by atoms with Gasteiger partial charge in [0.25, 0.3) is 5.91 Å². The summed E-state index contributed by atoms with van der Waals surface area (Å²) < 4.78 is 13.8. The molecule has 32 heavy (non-hydrogen) atoms. The van der Waals surface area contributed by atoms with Gasteiger partial charge in [-0.2, -0.15) is 0 Å². The number of halogens is 5. The first-order chi connectivity index (χ1) is 15.0. The molecule has 0 bridgehead atoms. The van der Waals surface area contributed by atoms with E-state index in [2.05, 4.69) is 16.0 Å². The van der Waals surface area contributed by atoms with E-state index in [4.69, 9.17) is 84.4 Å². The molecule has 1 atom stereocenters. The number of amides is 1. The highest BCUT2D eigenvalue weighted by atomic mass is 35.6. The molecule has 0 aromatic heterocycles. The van der Waals surface area contributed by atoms with Crippen LogP contribution in [0.25, 0.3) is 0 Å². The number of thiocarbonyl (C=S) groups is 1. The Hall–Kier alpha value is -1.55. The second-order valence-electron chi connectivity index (χ2n) is 6.06. The Balaban J connectivity index is 2.24. The molecule has 3 N–H and O–H groups in total. The van der Waals surface area contributed by atoms with E-state index in [-0.39, 0.29) is 22.2 Å². The molecule has 2 aromatic rings. The van der Waals surface area contributed by atoms with Crippen molar-refractivity contribution in [3.8, 4) is 17.2 Å². The molecule has 7 nitrogen and oxygen atoms in total. The molecule has 0 saturated carbocycles. The number of alkyl halides is 3. The number of hydrogen-bond acceptors (Lipinski definition) is 5. The van der Waals surface area contributed by atoms with Crippen LogP contribution in [0.1, 0.15) is 10.4 Å². The molecule has 2 aromatic carbocycles. The molecule has 0 aliphatic rings. The fraction of sp³-hybridized carbons (Fsp3) is 0.263. The summed E-state index contributed by atoms with van der Waals surface area (Å²) >= 11 is 35.7. The van der Waals surface area contributed by atoms with Crippen LogP contribution >= 0.6 is 70.2 Å². The number of para-hydroxylation sites is 1. The Kier molecular flexibility index (Phi) is 9.63. The van der Waals surface area contributed by atoms with Crippen molar-refractivity contribution in [2.75, 3.05) is 26.6 Å². The number of carbonyl (C=O) groups is 1. The van der Waals surface area contributed by atoms with Crippen LogP contribution in [0.5, 0.6) is 17.2 Å². The van der Waals surface area contributed by atoms with E-state index in [1.807, 2.05) is 0 Å². The van der Waals surface area contributed by atoms with E-state index in [1.165, 1.54) is 33.5 Å². The summed E-state index contributed by atoms with van der Waals surface area (Å²) in [6.45, 7) is 0. The van der Waals surface area contributed by atoms with E-state index in [0.29, 0.717) is 21.5 Å². The van der Waals surface area contributed by atoms with Gasteiger partial charge >= 0.3 is 0 Å². The van der Waals surface area contributed by atoms with Gasteiger partial charge in [-0.25, -0.2) is 0 Å². The lowest BCUT2D eigenvalue weighted by atomic mass is 10.1. The highest BCUT2D eigenvalue weighted by molar-refractivity contribution is 7.80. The van der Waals surface area contributed by atoms with Crippen LogP contribution in [0.15, 0.2) is 30.3 Å². The lowest BCUT2D eigenvalue weighted by molar-refractivity contribution is 0.0933. The second kappa shape index (κ2) is 11.5. The van der Waals surface area contributed by atoms with Gasteiger partial charge in [-0.15, -0.1) is 0 Å². The molecular weight excluding hydrogens is 544 g/mol. The molecule has 2 rings (SSSR count). The van der Waals surface area contributed by atoms with Crippen molar-refractivity contribution in [3.63, 3.8) is 0 Å². The number of nitrogens with one attached hydrogen (secondary N) is 3. The zero-order valence-electron chi connectivity index (χ0n) is 16.9. The van der Waals surface area contributed by atoms with Crippen LogP contribution in [-0.2, 0) is 0 Å². The highest BCUT2D eigenvalue weighted by Gasteiger charge is 2.35. The molecule has 174 valence electrons. The van der Waals surface area contributed by atoms with Crippen LogP contribution in [0.4, 0.5) is 5.69 Å². The van der Waals surface area contributed by atoms with Crippen molar-refractivity contribution in [2.24, 2.45) is 0 Å². The second-order valence-corrected chi connectivity index (χ2v) is 9.65. The Morgan fingerprint density at radius 2 is 1.50 bits per heavy atom. The SMILES string of the molecule is COc1cc(C(=O)NC(NC(=S)Nc2c(Cl)cccc2Cl)C(Cl)(Cl)Cl)cc(OC)c1OC. The largest absolute Gasteiger partial charge is 0.493 e. The van der Waals surface area contributed by atoms with Crippen LogP contribution in [-0.4, -0.2) is 42.3 Å². The molecule has 0 aliphatic heterocycles. The van der Waals surface area contributed by atoms with Crippen molar-refractivity contribution in [1.29, 1.82) is 0 Å². The third kappa shape index (κ3) is 6.73. The summed E-state index contributed by atoms with van der Waals surface area (Å²) in [6.07, 6.45) is -1.24. The molecule has 1 unspecified atom stereocenters. The van der Waals surface area contributed by atoms with Crippen molar-refractivity contribution < 1.29 is 19.0 Å². The quantitative estimate of drug-likeness (QED) is 0.236. The summed E-state index contributed by atoms with van der Waals surface area (Å²) in [5.74, 6) is 0.276. The summed E-state index contributed by atoms with van der Waals surface area (Å²) in [4.78, 5) is 12.9. The van der Waals surface area contributed by atoms with Crippen molar-refractivity contribution in [1.82, 2.24) is 10.6 Å². The first-order valence-corrected chi connectivity index (χ1v) is 11.0. The fourth-order valence-electron chi connectivity index (χ4n) is 2.52. The number of rotatable bonds is 7. The van der Waals surface area contributed by atoms with Gasteiger partial charge in [-0.05, 0) is 36.5 Å². The normalized spacial score (nSPS) is 11.9. The van der Waals surface area contributed by atoms with Gasteiger partial charge < -0.3 is 30.2 Å². The molecule has 0 radical (unpaired) electrons. The third-order valence-electron chi connectivity index (χ3n) is 4.01. The van der Waals surface area contributed by atoms with Crippen molar-refractivity contribution >= 4 is 86.9 Å². The van der Waals surface area contributed by atoms with Gasteiger partial charge in [0.15, 0.2) is 16.6 Å². The van der Waals surface area contributed by atoms with E-state index in [1.54, 1.807) is 18.2 Å². The van der Waals surface area contributed by atoms with Gasteiger partial charge in [-0.1, -0.05) is 64.1 Å². The molecule has 13 heteroatoms. The first kappa shape index (κ1) is 26.7. The van der Waals surface area contributed by atoms with Crippen molar-refractivity contribution in [3.05, 3.63) is 45.9 Å². The Morgan fingerprint density at radius 1 is 0.969 bits per heavy atom. The van der Waals surface area contributed by atoms with Gasteiger partial charge in [0.05, 0.1) is 37.1 Å². The zero-order chi connectivity index (χ0) is 24.1. The summed E-state index contributed by atoms with van der Waals surface area (Å²) in [6, 6.07) is 7.82. The maximum absolute atomic E-state index is 12.9. The number of benzene rings is 2. The molecule has 0 fully saturated rings. The van der Waals surface area contributed by atoms with Crippen LogP contribution in [0.2, 0.25) is 10.0 Å². The van der Waals surface area contributed by atoms with Crippen molar-refractivity contribution in [2.45, 2.75) is 9.96 Å². The van der Waals surface area contributed by atoms with Gasteiger partial charge in [0.2, 0.25) is 9.54 Å². The van der Waals surface area contributed by atoms with Gasteiger partial charge in [0, 0.05) is 5.56 Å². The molecule has 1 amide bonds. The Bertz CT molecular complexity index is 958. The van der Waals surface area contributed by atoms with Crippen LogP contribution in [0.3, 0.4) is 0 Å². The van der Waals surface area contributed by atoms with E-state index in [9.17, 15) is 4.79 Å².